The van der Waals surface area contributed by atoms with Crippen molar-refractivity contribution >= 4 is 44.3 Å². The van der Waals surface area contributed by atoms with Crippen LogP contribution in [-0.2, 0) is 17.6 Å². The van der Waals surface area contributed by atoms with Crippen LogP contribution < -0.4 is 10.6 Å². The molecular weight excluding hydrogens is 553 g/mol. The molecule has 1 saturated heterocycles. The van der Waals surface area contributed by atoms with Gasteiger partial charge in [-0.2, -0.15) is 14.9 Å². The highest BCUT2D eigenvalue weighted by Gasteiger charge is 2.33. The largest absolute Gasteiger partial charge is 0.355 e. The summed E-state index contributed by atoms with van der Waals surface area (Å²) in [5.41, 5.74) is 4.52. The average molecular weight is 586 g/mol. The molecule has 0 N–H and O–H groups in total. The van der Waals surface area contributed by atoms with Crippen LogP contribution in [0.15, 0.2) is 84.2 Å². The second kappa shape index (κ2) is 11.6. The maximum absolute atomic E-state index is 13.9. The summed E-state index contributed by atoms with van der Waals surface area (Å²) in [6.45, 7) is 8.67. The molecule has 210 valence electrons. The van der Waals surface area contributed by atoms with Crippen molar-refractivity contribution in [2.75, 3.05) is 18.0 Å². The first-order valence-corrected chi connectivity index (χ1v) is 13.9. The van der Waals surface area contributed by atoms with E-state index in [4.69, 9.17) is 16.6 Å². The third-order valence-electron chi connectivity index (χ3n) is 7.86. The van der Waals surface area contributed by atoms with E-state index in [1.54, 1.807) is 9.47 Å². The summed E-state index contributed by atoms with van der Waals surface area (Å²) < 4.78 is 1.61. The number of hydrogen-bond acceptors (Lipinski definition) is 5. The normalized spacial score (nSPS) is 18.9. The Balaban J connectivity index is 0.00000337. The van der Waals surface area contributed by atoms with Crippen LogP contribution in [0.5, 0.6) is 0 Å². The van der Waals surface area contributed by atoms with Crippen molar-refractivity contribution in [2.45, 2.75) is 38.8 Å². The molecule has 2 aromatic carbocycles. The number of carbonyl (C=O) groups is 1. The molecule has 2 bridgehead atoms. The third-order valence-corrected chi connectivity index (χ3v) is 8.15. The molecule has 6 rings (SSSR count). The molecule has 2 aliphatic rings. The Hall–Kier alpha value is -3.80. The number of hydrogen-bond donors (Lipinski definition) is 0. The Morgan fingerprint density at radius 1 is 0.976 bits per heavy atom. The summed E-state index contributed by atoms with van der Waals surface area (Å²) in [6.07, 6.45) is 7.04. The van der Waals surface area contributed by atoms with Gasteiger partial charge in [0.15, 0.2) is 5.65 Å². The lowest BCUT2D eigenvalue weighted by atomic mass is 9.99. The van der Waals surface area contributed by atoms with Gasteiger partial charge in [-0.3, -0.25) is 4.79 Å². The van der Waals surface area contributed by atoms with Crippen LogP contribution in [0, 0.1) is 0 Å². The van der Waals surface area contributed by atoms with E-state index in [1.165, 1.54) is 6.08 Å². The second-order valence-electron chi connectivity index (χ2n) is 10.5. The fraction of sp³-hybridized carbons (Fsp3) is 0.250. The van der Waals surface area contributed by atoms with Crippen molar-refractivity contribution in [3.63, 3.8) is 0 Å². The number of carbonyl (C=O) groups excluding carboxylic acids is 1. The molecule has 2 aromatic heterocycles. The maximum Gasteiger partial charge on any atom is 0.355 e. The topological polar surface area (TPSA) is 71.3 Å². The summed E-state index contributed by atoms with van der Waals surface area (Å²) in [5.74, 6) is 0.423. The van der Waals surface area contributed by atoms with E-state index in [-0.39, 0.29) is 27.9 Å². The molecule has 4 aromatic rings. The SMILES string of the molecule is C=CC(=O)N1C[C@H](C)N(c2nc(=O)n3c4nc(c(Cl)cc24)-c2ccccc2C/C=C/Cc2ccccc2-3)C[C@H]1C.P. The van der Waals surface area contributed by atoms with Gasteiger partial charge in [-0.15, -0.1) is 0 Å². The van der Waals surface area contributed by atoms with Crippen molar-refractivity contribution in [1.29, 1.82) is 0 Å². The van der Waals surface area contributed by atoms with E-state index in [0.717, 1.165) is 28.8 Å². The van der Waals surface area contributed by atoms with Crippen LogP contribution in [0.4, 0.5) is 5.82 Å². The van der Waals surface area contributed by atoms with E-state index in [0.29, 0.717) is 47.1 Å². The van der Waals surface area contributed by atoms with Crippen molar-refractivity contribution in [2.24, 2.45) is 0 Å². The quantitative estimate of drug-likeness (QED) is 0.178. The third kappa shape index (κ3) is 5.09. The number of allylic oxidation sites excluding steroid dienone is 2. The minimum Gasteiger partial charge on any atom is -0.349 e. The van der Waals surface area contributed by atoms with Gasteiger partial charge in [0.1, 0.15) is 5.82 Å². The summed E-state index contributed by atoms with van der Waals surface area (Å²) in [5, 5.41) is 1.18. The van der Waals surface area contributed by atoms with Crippen molar-refractivity contribution < 1.29 is 4.79 Å². The van der Waals surface area contributed by atoms with E-state index in [1.807, 2.05) is 62.4 Å². The summed E-state index contributed by atoms with van der Waals surface area (Å²) in [6, 6.07) is 17.7. The number of pyridine rings is 1. The predicted octanol–water partition coefficient (Wildman–Crippen LogP) is 5.43. The predicted molar refractivity (Wildman–Crippen MR) is 171 cm³/mol. The van der Waals surface area contributed by atoms with Crippen molar-refractivity contribution in [3.05, 3.63) is 106 Å². The van der Waals surface area contributed by atoms with Crippen LogP contribution in [-0.4, -0.2) is 50.5 Å². The number of nitrogens with zero attached hydrogens (tertiary/aromatic N) is 5. The molecule has 1 amide bonds. The molecule has 1 unspecified atom stereocenters. The Kier molecular flexibility index (Phi) is 8.12. The van der Waals surface area contributed by atoms with Gasteiger partial charge >= 0.3 is 5.69 Å². The fourth-order valence-electron chi connectivity index (χ4n) is 5.83. The lowest BCUT2D eigenvalue weighted by Crippen LogP contribution is -2.58. The molecule has 0 radical (unpaired) electrons. The molecule has 41 heavy (non-hydrogen) atoms. The zero-order valence-electron chi connectivity index (χ0n) is 23.3. The zero-order chi connectivity index (χ0) is 28.0. The smallest absolute Gasteiger partial charge is 0.349 e. The maximum atomic E-state index is 13.9. The van der Waals surface area contributed by atoms with Crippen LogP contribution in [0.1, 0.15) is 25.0 Å². The molecule has 9 heteroatoms. The lowest BCUT2D eigenvalue weighted by Gasteiger charge is -2.44. The zero-order valence-corrected chi connectivity index (χ0v) is 25.4. The molecule has 0 aliphatic carbocycles. The Morgan fingerprint density at radius 2 is 1.66 bits per heavy atom. The number of rotatable bonds is 2. The average Bonchev–Trinajstić information content (AvgIpc) is 2.95. The molecule has 7 nitrogen and oxygen atoms in total. The van der Waals surface area contributed by atoms with Crippen molar-refractivity contribution in [1.82, 2.24) is 19.4 Å². The van der Waals surface area contributed by atoms with E-state index in [9.17, 15) is 9.59 Å². The number of benzene rings is 2. The van der Waals surface area contributed by atoms with Crippen molar-refractivity contribution in [3.8, 4) is 16.9 Å². The van der Waals surface area contributed by atoms with E-state index >= 15 is 0 Å². The van der Waals surface area contributed by atoms with Crippen LogP contribution in [0.25, 0.3) is 28.0 Å². The Morgan fingerprint density at radius 3 is 2.41 bits per heavy atom. The molecule has 3 atom stereocenters. The molecule has 1 fully saturated rings. The van der Waals surface area contributed by atoms with Gasteiger partial charge < -0.3 is 9.80 Å². The molecule has 0 saturated carbocycles. The highest BCUT2D eigenvalue weighted by atomic mass is 35.5. The van der Waals surface area contributed by atoms with Gasteiger partial charge in [0.05, 0.1) is 21.8 Å². The standard InChI is InChI=1S/C32H30ClN5O2.H3P/c1-4-28(39)36-18-21(3)37(19-20(36)2)30-25-17-26(33)29-24-15-9-7-12-22(24)11-5-6-13-23-14-8-10-16-27(23)38(31(25)34-29)32(40)35-30;/h4-10,12,14-17,20-21H,1,11,13,18-19H2,2-3H3;1H3/b6-5+;/t20-,21+;/m1./s1. The fourth-order valence-corrected chi connectivity index (χ4v) is 6.08. The number of fused-ring (bicyclic) bond motifs is 5. The summed E-state index contributed by atoms with van der Waals surface area (Å²) in [4.78, 5) is 40.0. The number of halogens is 1. The van der Waals surface area contributed by atoms with Gasteiger partial charge in [0, 0.05) is 30.7 Å². The monoisotopic (exact) mass is 585 g/mol. The lowest BCUT2D eigenvalue weighted by molar-refractivity contribution is -0.128. The Labute approximate surface area is 247 Å². The number of para-hydroxylation sites is 1. The first kappa shape index (κ1) is 28.7. The van der Waals surface area contributed by atoms with Gasteiger partial charge in [-0.25, -0.2) is 14.3 Å². The molecule has 2 aliphatic heterocycles. The number of aromatic nitrogens is 3. The number of anilines is 1. The highest BCUT2D eigenvalue weighted by Crippen LogP contribution is 2.36. The van der Waals surface area contributed by atoms with Gasteiger partial charge in [0.25, 0.3) is 0 Å². The van der Waals surface area contributed by atoms with Gasteiger partial charge in [-0.1, -0.05) is 72.8 Å². The molecular formula is C32H33ClN5O2P. The summed E-state index contributed by atoms with van der Waals surface area (Å²) in [7, 11) is 0. The molecule has 4 heterocycles. The van der Waals surface area contributed by atoms with E-state index < -0.39 is 5.69 Å². The molecule has 0 spiro atoms. The van der Waals surface area contributed by atoms with Crippen LogP contribution >= 0.6 is 21.5 Å². The van der Waals surface area contributed by atoms with Gasteiger partial charge in [0.2, 0.25) is 5.91 Å². The minimum absolute atomic E-state index is 0. The number of amides is 1. The van der Waals surface area contributed by atoms with E-state index in [2.05, 4.69) is 34.7 Å². The second-order valence-corrected chi connectivity index (χ2v) is 10.9. The first-order chi connectivity index (χ1) is 19.4. The highest BCUT2D eigenvalue weighted by molar-refractivity contribution is 6.92. The van der Waals surface area contributed by atoms with Gasteiger partial charge in [-0.05, 0) is 56.0 Å². The summed E-state index contributed by atoms with van der Waals surface area (Å²) >= 11 is 6.97. The van der Waals surface area contributed by atoms with Crippen LogP contribution in [0.2, 0.25) is 5.02 Å². The first-order valence-electron chi connectivity index (χ1n) is 13.5. The number of piperazine rings is 1. The Bertz CT molecular complexity index is 1750. The minimum atomic E-state index is -0.408. The van der Waals surface area contributed by atoms with Crippen LogP contribution in [0.3, 0.4) is 0 Å².